The summed E-state index contributed by atoms with van der Waals surface area (Å²) in [6.45, 7) is 0.730. The SMILES string of the molecule is CN(C)CCC[C@@H](F)C(=O)O. The van der Waals surface area contributed by atoms with Crippen LogP contribution in [0, 0.1) is 0 Å². The van der Waals surface area contributed by atoms with Gasteiger partial charge in [-0.25, -0.2) is 9.18 Å². The maximum Gasteiger partial charge on any atom is 0.338 e. The van der Waals surface area contributed by atoms with E-state index in [-0.39, 0.29) is 6.42 Å². The molecule has 0 aliphatic rings. The van der Waals surface area contributed by atoms with E-state index >= 15 is 0 Å². The minimum Gasteiger partial charge on any atom is -0.479 e. The Morgan fingerprint density at radius 3 is 2.55 bits per heavy atom. The van der Waals surface area contributed by atoms with Crippen LogP contribution >= 0.6 is 0 Å². The third kappa shape index (κ3) is 5.79. The zero-order valence-corrected chi connectivity index (χ0v) is 6.88. The van der Waals surface area contributed by atoms with E-state index in [1.165, 1.54) is 0 Å². The summed E-state index contributed by atoms with van der Waals surface area (Å²) in [5.41, 5.74) is 0. The Bertz CT molecular complexity index is 128. The molecule has 0 aliphatic carbocycles. The van der Waals surface area contributed by atoms with Gasteiger partial charge in [-0.05, 0) is 33.5 Å². The van der Waals surface area contributed by atoms with E-state index in [0.717, 1.165) is 6.54 Å². The molecule has 0 amide bonds. The molecular formula is C7H14FNO2. The van der Waals surface area contributed by atoms with Gasteiger partial charge in [0.2, 0.25) is 0 Å². The largest absolute Gasteiger partial charge is 0.479 e. The van der Waals surface area contributed by atoms with Gasteiger partial charge in [0.15, 0.2) is 6.17 Å². The molecule has 0 unspecified atom stereocenters. The van der Waals surface area contributed by atoms with Crippen LogP contribution in [-0.2, 0) is 4.79 Å². The number of hydrogen-bond donors (Lipinski definition) is 1. The number of alkyl halides is 1. The summed E-state index contributed by atoms with van der Waals surface area (Å²) in [6.07, 6.45) is -1.01. The van der Waals surface area contributed by atoms with Crippen LogP contribution in [0.4, 0.5) is 4.39 Å². The van der Waals surface area contributed by atoms with E-state index < -0.39 is 12.1 Å². The summed E-state index contributed by atoms with van der Waals surface area (Å²) < 4.78 is 12.4. The molecule has 0 bridgehead atoms. The predicted molar refractivity (Wildman–Crippen MR) is 40.3 cm³/mol. The molecule has 0 fully saturated rings. The van der Waals surface area contributed by atoms with E-state index in [1.807, 2.05) is 19.0 Å². The minimum atomic E-state index is -1.70. The smallest absolute Gasteiger partial charge is 0.338 e. The topological polar surface area (TPSA) is 40.5 Å². The molecule has 1 N–H and O–H groups in total. The van der Waals surface area contributed by atoms with Crippen LogP contribution in [0.3, 0.4) is 0 Å². The summed E-state index contributed by atoms with van der Waals surface area (Å²) in [6, 6.07) is 0. The van der Waals surface area contributed by atoms with Gasteiger partial charge in [0, 0.05) is 0 Å². The molecule has 4 heteroatoms. The second kappa shape index (κ2) is 5.07. The highest BCUT2D eigenvalue weighted by Crippen LogP contribution is 2.01. The molecule has 0 aromatic carbocycles. The van der Waals surface area contributed by atoms with Crippen molar-refractivity contribution in [2.45, 2.75) is 19.0 Å². The molecule has 0 rings (SSSR count). The molecular weight excluding hydrogens is 149 g/mol. The third-order valence-electron chi connectivity index (χ3n) is 1.33. The fourth-order valence-corrected chi connectivity index (χ4v) is 0.710. The number of halogens is 1. The Morgan fingerprint density at radius 1 is 1.64 bits per heavy atom. The summed E-state index contributed by atoms with van der Waals surface area (Å²) >= 11 is 0. The molecule has 0 aromatic heterocycles. The molecule has 0 heterocycles. The standard InChI is InChI=1S/C7H14FNO2/c1-9(2)5-3-4-6(8)7(10)11/h6H,3-5H2,1-2H3,(H,10,11)/t6-/m1/s1. The Hall–Kier alpha value is -0.640. The fraction of sp³-hybridized carbons (Fsp3) is 0.857. The maximum absolute atomic E-state index is 12.4. The lowest BCUT2D eigenvalue weighted by atomic mass is 10.2. The van der Waals surface area contributed by atoms with E-state index in [1.54, 1.807) is 0 Å². The Morgan fingerprint density at radius 2 is 2.18 bits per heavy atom. The first-order valence-corrected chi connectivity index (χ1v) is 3.55. The highest BCUT2D eigenvalue weighted by Gasteiger charge is 2.14. The van der Waals surface area contributed by atoms with Crippen molar-refractivity contribution in [2.75, 3.05) is 20.6 Å². The van der Waals surface area contributed by atoms with Crippen LogP contribution in [0.1, 0.15) is 12.8 Å². The van der Waals surface area contributed by atoms with Crippen molar-refractivity contribution in [3.8, 4) is 0 Å². The summed E-state index contributed by atoms with van der Waals surface area (Å²) in [4.78, 5) is 11.9. The van der Waals surface area contributed by atoms with Gasteiger partial charge < -0.3 is 10.0 Å². The summed E-state index contributed by atoms with van der Waals surface area (Å²) in [7, 11) is 3.74. The third-order valence-corrected chi connectivity index (χ3v) is 1.33. The van der Waals surface area contributed by atoms with Crippen LogP contribution in [0.25, 0.3) is 0 Å². The number of carboxylic acid groups (broad SMARTS) is 1. The first-order chi connectivity index (χ1) is 5.04. The monoisotopic (exact) mass is 163 g/mol. The Balaban J connectivity index is 3.31. The van der Waals surface area contributed by atoms with Crippen molar-refractivity contribution in [1.82, 2.24) is 4.90 Å². The van der Waals surface area contributed by atoms with Crippen LogP contribution in [0.15, 0.2) is 0 Å². The second-order valence-electron chi connectivity index (χ2n) is 2.75. The van der Waals surface area contributed by atoms with Crippen LogP contribution < -0.4 is 0 Å². The average Bonchev–Trinajstić information content (AvgIpc) is 1.86. The van der Waals surface area contributed by atoms with Crippen molar-refractivity contribution >= 4 is 5.97 Å². The predicted octanol–water partition coefficient (Wildman–Crippen LogP) is 0.751. The second-order valence-corrected chi connectivity index (χ2v) is 2.75. The molecule has 0 radical (unpaired) electrons. The molecule has 66 valence electrons. The minimum absolute atomic E-state index is 0.105. The number of rotatable bonds is 5. The van der Waals surface area contributed by atoms with Gasteiger partial charge in [-0.3, -0.25) is 0 Å². The number of carboxylic acids is 1. The first-order valence-electron chi connectivity index (χ1n) is 3.55. The highest BCUT2D eigenvalue weighted by atomic mass is 19.1. The fourth-order valence-electron chi connectivity index (χ4n) is 0.710. The lowest BCUT2D eigenvalue weighted by molar-refractivity contribution is -0.143. The Kier molecular flexibility index (Phi) is 4.77. The molecule has 11 heavy (non-hydrogen) atoms. The van der Waals surface area contributed by atoms with E-state index in [0.29, 0.717) is 6.42 Å². The van der Waals surface area contributed by atoms with Crippen molar-refractivity contribution in [2.24, 2.45) is 0 Å². The lowest BCUT2D eigenvalue weighted by Gasteiger charge is -2.08. The summed E-state index contributed by atoms with van der Waals surface area (Å²) in [5.74, 6) is -1.36. The normalized spacial score (nSPS) is 13.5. The van der Waals surface area contributed by atoms with Crippen LogP contribution in [0.5, 0.6) is 0 Å². The number of hydrogen-bond acceptors (Lipinski definition) is 2. The van der Waals surface area contributed by atoms with Crippen LogP contribution in [-0.4, -0.2) is 42.8 Å². The van der Waals surface area contributed by atoms with Gasteiger partial charge in [-0.2, -0.15) is 0 Å². The lowest BCUT2D eigenvalue weighted by Crippen LogP contribution is -2.18. The number of carbonyl (C=O) groups is 1. The van der Waals surface area contributed by atoms with Crippen LogP contribution in [0.2, 0.25) is 0 Å². The molecule has 0 aromatic rings. The van der Waals surface area contributed by atoms with Gasteiger partial charge >= 0.3 is 5.97 Å². The van der Waals surface area contributed by atoms with Crippen molar-refractivity contribution in [3.05, 3.63) is 0 Å². The zero-order valence-electron chi connectivity index (χ0n) is 6.88. The van der Waals surface area contributed by atoms with Gasteiger partial charge in [0.25, 0.3) is 0 Å². The average molecular weight is 163 g/mol. The molecule has 1 atom stereocenters. The molecule has 0 saturated heterocycles. The van der Waals surface area contributed by atoms with E-state index in [9.17, 15) is 9.18 Å². The quantitative estimate of drug-likeness (QED) is 0.650. The molecule has 3 nitrogen and oxygen atoms in total. The van der Waals surface area contributed by atoms with Gasteiger partial charge in [-0.15, -0.1) is 0 Å². The number of aliphatic carboxylic acids is 1. The number of nitrogens with zero attached hydrogens (tertiary/aromatic N) is 1. The van der Waals surface area contributed by atoms with Gasteiger partial charge in [0.05, 0.1) is 0 Å². The molecule has 0 aliphatic heterocycles. The van der Waals surface area contributed by atoms with Crippen molar-refractivity contribution in [3.63, 3.8) is 0 Å². The van der Waals surface area contributed by atoms with E-state index in [4.69, 9.17) is 5.11 Å². The van der Waals surface area contributed by atoms with Crippen molar-refractivity contribution < 1.29 is 14.3 Å². The molecule has 0 saturated carbocycles. The van der Waals surface area contributed by atoms with Gasteiger partial charge in [-0.1, -0.05) is 0 Å². The first kappa shape index (κ1) is 10.4. The zero-order chi connectivity index (χ0) is 8.85. The van der Waals surface area contributed by atoms with Crippen molar-refractivity contribution in [1.29, 1.82) is 0 Å². The summed E-state index contributed by atoms with van der Waals surface area (Å²) in [5, 5.41) is 8.16. The van der Waals surface area contributed by atoms with Gasteiger partial charge in [0.1, 0.15) is 0 Å². The van der Waals surface area contributed by atoms with E-state index in [2.05, 4.69) is 0 Å². The maximum atomic E-state index is 12.4. The molecule has 0 spiro atoms. The highest BCUT2D eigenvalue weighted by molar-refractivity contribution is 5.71. The Labute approximate surface area is 65.8 Å².